The van der Waals surface area contributed by atoms with Gasteiger partial charge >= 0.3 is 30.0 Å². The lowest BCUT2D eigenvalue weighted by atomic mass is 9.89. The van der Waals surface area contributed by atoms with Gasteiger partial charge in [0.25, 0.3) is 35.4 Å². The summed E-state index contributed by atoms with van der Waals surface area (Å²) in [6, 6.07) is 16.7. The first kappa shape index (κ1) is 109. The number of unbranched alkanes of at least 4 members (excludes halogenated alkanes) is 4. The molecule has 16 amide bonds. The van der Waals surface area contributed by atoms with Crippen LogP contribution in [0.15, 0.2) is 109 Å². The van der Waals surface area contributed by atoms with Gasteiger partial charge < -0.3 is 68.2 Å². The molecule has 130 heavy (non-hydrogen) atoms. The number of rotatable bonds is 49. The number of primary amides is 2. The van der Waals surface area contributed by atoms with Gasteiger partial charge in [0.05, 0.1) is 34.4 Å². The van der Waals surface area contributed by atoms with Crippen LogP contribution in [0.1, 0.15) is 223 Å². The van der Waals surface area contributed by atoms with E-state index in [9.17, 15) is 95.9 Å². The van der Waals surface area contributed by atoms with E-state index in [4.69, 9.17) is 25.7 Å². The lowest BCUT2D eigenvalue weighted by molar-refractivity contribution is -0.155. The van der Waals surface area contributed by atoms with Crippen LogP contribution in [0.3, 0.4) is 0 Å². The van der Waals surface area contributed by atoms with Crippen molar-refractivity contribution in [1.82, 2.24) is 41.3 Å². The second-order valence-corrected chi connectivity index (χ2v) is 35.9. The Hall–Kier alpha value is -12.9. The normalized spacial score (nSPS) is 14.3. The molecule has 0 saturated carbocycles. The van der Waals surface area contributed by atoms with Crippen molar-refractivity contribution in [3.8, 4) is 0 Å². The van der Waals surface area contributed by atoms with Crippen LogP contribution in [0, 0.1) is 45.8 Å². The molecule has 710 valence electrons. The van der Waals surface area contributed by atoms with Crippen molar-refractivity contribution in [2.45, 2.75) is 245 Å². The molecule has 0 unspecified atom stereocenters. The minimum atomic E-state index is -0.922. The standard InChI is InChI=1S/C34H49N5O8.C31H43N3O7.C29H39N5O8/c1-22(2)30(38-27(41)11-7-6-8-19-39-28(42)16-17-29(39)43)26(40)20-24(10-9-18-36-33(35)46)31(44)37-25-14-12-23(13-15-25)21-47-32(45)34(3,4)5;1-20(2)28(33-25(36)10-8-7-9-17-34-26(37)15-16-27(34)38)24(35)18-21(3)29(39)32-23-13-11-22(12-14-23)19-41-30(40)31(4,5)6;1-18(32-23(36)13-15-34-24(37)11-12-25(34)38)22(35)16-20(6-5-14-31-28(30)41)26(39)33-21-9-7-19(8-10-21)17-42-27(40)29(2,3)4/h12-17,22,24,30H,6-11,18-21H2,1-5H3,(H,37,44)(H,38,41)(H3,35,36,46);11-16,20-21,28H,7-10,17-19H2,1-6H3,(H,32,39)(H,33,36);7-12,18,20H,5-6,13-17H2,1-4H3,(H,32,36)(H,33,39)(H3,30,31,41)/t24-,30+;21-,28+;18-,20+/m000/s1. The molecule has 3 aromatic carbocycles. The van der Waals surface area contributed by atoms with Crippen molar-refractivity contribution < 1.29 is 110 Å². The highest BCUT2D eigenvalue weighted by Crippen LogP contribution is 2.26. The van der Waals surface area contributed by atoms with Crippen molar-refractivity contribution >= 4 is 135 Å². The number of nitrogens with two attached hydrogens (primary N) is 2. The number of hydrogen-bond acceptors (Lipinski definition) is 23. The third-order valence-electron chi connectivity index (χ3n) is 20.6. The van der Waals surface area contributed by atoms with E-state index in [0.29, 0.717) is 75.0 Å². The second-order valence-electron chi connectivity index (χ2n) is 35.9. The number of nitrogens with zero attached hydrogens (tertiary/aromatic N) is 3. The molecule has 0 fully saturated rings. The van der Waals surface area contributed by atoms with E-state index in [-0.39, 0.29) is 186 Å². The van der Waals surface area contributed by atoms with Gasteiger partial charge in [-0.1, -0.05) is 83.9 Å². The first-order chi connectivity index (χ1) is 60.9. The fourth-order valence-corrected chi connectivity index (χ4v) is 12.7. The number of ketones is 3. The molecule has 0 aromatic heterocycles. The predicted molar refractivity (Wildman–Crippen MR) is 482 cm³/mol. The maximum Gasteiger partial charge on any atom is 0.312 e. The first-order valence-corrected chi connectivity index (χ1v) is 43.8. The number of Topliss-reactive ketones (excluding diaryl/α,β-unsaturated/α-hetero) is 3. The Kier molecular flexibility index (Phi) is 45.3. The highest BCUT2D eigenvalue weighted by atomic mass is 16.5. The van der Waals surface area contributed by atoms with Crippen LogP contribution in [-0.2, 0) is 120 Å². The fraction of sp³-hybridized carbons (Fsp3) is 0.532. The first-order valence-electron chi connectivity index (χ1n) is 43.8. The molecule has 6 rings (SSSR count). The molecular formula is C94H131N13O23. The molecule has 0 bridgehead atoms. The van der Waals surface area contributed by atoms with Crippen molar-refractivity contribution in [3.05, 3.63) is 126 Å². The van der Waals surface area contributed by atoms with Crippen molar-refractivity contribution in [3.63, 3.8) is 0 Å². The van der Waals surface area contributed by atoms with Gasteiger partial charge in [-0.3, -0.25) is 101 Å². The highest BCUT2D eigenvalue weighted by Gasteiger charge is 2.34. The molecule has 0 aliphatic carbocycles. The third-order valence-corrected chi connectivity index (χ3v) is 20.6. The van der Waals surface area contributed by atoms with E-state index in [1.165, 1.54) is 36.1 Å². The maximum atomic E-state index is 13.5. The van der Waals surface area contributed by atoms with E-state index in [1.807, 2.05) is 27.7 Å². The smallest absolute Gasteiger partial charge is 0.312 e. The number of carbonyl (C=O) groups is 20. The molecule has 3 heterocycles. The van der Waals surface area contributed by atoms with E-state index < -0.39 is 93.6 Å². The number of amides is 16. The Morgan fingerprint density at radius 3 is 0.946 bits per heavy atom. The van der Waals surface area contributed by atoms with Crippen LogP contribution in [0.2, 0.25) is 0 Å². The summed E-state index contributed by atoms with van der Waals surface area (Å²) < 4.78 is 15.9. The van der Waals surface area contributed by atoms with Gasteiger partial charge in [-0.25, -0.2) is 9.59 Å². The van der Waals surface area contributed by atoms with Crippen molar-refractivity contribution in [2.75, 3.05) is 48.7 Å². The molecule has 0 radical (unpaired) electrons. The predicted octanol–water partition coefficient (Wildman–Crippen LogP) is 8.86. The number of urea groups is 2. The second kappa shape index (κ2) is 53.8. The molecule has 12 N–H and O–H groups in total. The number of esters is 3. The van der Waals surface area contributed by atoms with Crippen LogP contribution < -0.4 is 54.0 Å². The zero-order chi connectivity index (χ0) is 97.3. The van der Waals surface area contributed by atoms with Crippen LogP contribution in [0.25, 0.3) is 0 Å². The average molecular weight is 1810 g/mol. The number of ether oxygens (including phenoxy) is 3. The van der Waals surface area contributed by atoms with Crippen LogP contribution >= 0.6 is 0 Å². The Balaban J connectivity index is 0.000000409. The van der Waals surface area contributed by atoms with Gasteiger partial charge in [-0.05, 0) is 186 Å². The lowest BCUT2D eigenvalue weighted by Gasteiger charge is -2.24. The fourth-order valence-electron chi connectivity index (χ4n) is 12.7. The van der Waals surface area contributed by atoms with E-state index in [1.54, 1.807) is 142 Å². The molecule has 36 nitrogen and oxygen atoms in total. The summed E-state index contributed by atoms with van der Waals surface area (Å²) in [7, 11) is 0. The van der Waals surface area contributed by atoms with Gasteiger partial charge in [0.2, 0.25) is 35.4 Å². The topological polar surface area (TPSA) is 527 Å². The molecule has 3 aromatic rings. The Morgan fingerprint density at radius 1 is 0.346 bits per heavy atom. The summed E-state index contributed by atoms with van der Waals surface area (Å²) in [6.45, 7) is 27.6. The average Bonchev–Trinajstić information content (AvgIpc) is 1.20. The van der Waals surface area contributed by atoms with Gasteiger partial charge in [-0.2, -0.15) is 0 Å². The summed E-state index contributed by atoms with van der Waals surface area (Å²) in [5.74, 6) is -8.88. The molecule has 0 spiro atoms. The van der Waals surface area contributed by atoms with Crippen LogP contribution in [0.4, 0.5) is 26.7 Å². The zero-order valence-electron chi connectivity index (χ0n) is 77.4. The summed E-state index contributed by atoms with van der Waals surface area (Å²) >= 11 is 0. The number of anilines is 3. The molecule has 3 aliphatic rings. The number of carbonyl (C=O) groups excluding carboxylic acids is 20. The largest absolute Gasteiger partial charge is 0.460 e. The van der Waals surface area contributed by atoms with Crippen molar-refractivity contribution in [2.24, 2.45) is 57.3 Å². The number of benzene rings is 3. The molecule has 36 heteroatoms. The van der Waals surface area contributed by atoms with Gasteiger partial charge in [0, 0.05) is 143 Å². The number of imide groups is 3. The van der Waals surface area contributed by atoms with E-state index in [2.05, 4.69) is 42.5 Å². The molecule has 3 aliphatic heterocycles. The summed E-state index contributed by atoms with van der Waals surface area (Å²) in [5, 5.41) is 21.5. The maximum absolute atomic E-state index is 13.5. The Bertz CT molecular complexity index is 4540. The summed E-state index contributed by atoms with van der Waals surface area (Å²) in [6.07, 6.45) is 11.9. The molecular weight excluding hydrogens is 1680 g/mol. The quantitative estimate of drug-likeness (QED) is 0.0109. The number of hydrogen-bond donors (Lipinski definition) is 10. The summed E-state index contributed by atoms with van der Waals surface area (Å²) in [5.41, 5.74) is 12.2. The lowest BCUT2D eigenvalue weighted by Crippen LogP contribution is -2.45. The minimum absolute atomic E-state index is 0.0261. The van der Waals surface area contributed by atoms with Crippen molar-refractivity contribution in [1.29, 1.82) is 0 Å². The monoisotopic (exact) mass is 1810 g/mol. The van der Waals surface area contributed by atoms with Crippen LogP contribution in [0.5, 0.6) is 0 Å². The SMILES string of the molecule is CC(C)[C@@H](NC(=O)CCCCCN1C(=O)C=CC1=O)C(=O)C[C@H](C)C(=O)Nc1ccc(COC(=O)C(C)(C)C)cc1.CC(C)[C@@H](NC(=O)CCCCCN1C(=O)C=CC1=O)C(=O)C[C@H](CCCNC(N)=O)C(=O)Nc1ccc(COC(=O)C(C)(C)C)cc1.C[C@H](NC(=O)CCN1C(=O)C=CC1=O)C(=O)C[C@@H](CCCNC(N)=O)C(=O)Nc1ccc(COC(=O)C(C)(C)C)cc1. The van der Waals surface area contributed by atoms with Gasteiger partial charge in [-0.15, -0.1) is 0 Å². The zero-order valence-corrected chi connectivity index (χ0v) is 77.4. The van der Waals surface area contributed by atoms with E-state index >= 15 is 0 Å². The minimum Gasteiger partial charge on any atom is -0.460 e. The Morgan fingerprint density at radius 2 is 0.638 bits per heavy atom. The third kappa shape index (κ3) is 40.6. The molecule has 0 saturated heterocycles. The summed E-state index contributed by atoms with van der Waals surface area (Å²) in [4.78, 5) is 247. The van der Waals surface area contributed by atoms with Crippen LogP contribution in [-0.4, -0.2) is 184 Å². The Labute approximate surface area is 759 Å². The number of nitrogens with one attached hydrogen (secondary N) is 8. The van der Waals surface area contributed by atoms with Gasteiger partial charge in [0.15, 0.2) is 17.3 Å². The van der Waals surface area contributed by atoms with E-state index in [0.717, 1.165) is 38.6 Å². The molecule has 6 atom stereocenters. The van der Waals surface area contributed by atoms with Gasteiger partial charge in [0.1, 0.15) is 19.8 Å². The highest BCUT2D eigenvalue weighted by molar-refractivity contribution is 6.14.